The second kappa shape index (κ2) is 5.66. The van der Waals surface area contributed by atoms with Crippen LogP contribution in [0.15, 0.2) is 24.5 Å². The Balaban J connectivity index is 2.05. The lowest BCUT2D eigenvalue weighted by Gasteiger charge is -2.25. The predicted molar refractivity (Wildman–Crippen MR) is 66.6 cm³/mol. The fourth-order valence-corrected chi connectivity index (χ4v) is 2.28. The van der Waals surface area contributed by atoms with Gasteiger partial charge in [0.1, 0.15) is 0 Å². The van der Waals surface area contributed by atoms with E-state index in [2.05, 4.69) is 17.2 Å². The lowest BCUT2D eigenvalue weighted by Crippen LogP contribution is -2.39. The highest BCUT2D eigenvalue weighted by Gasteiger charge is 2.29. The summed E-state index contributed by atoms with van der Waals surface area (Å²) >= 11 is 0. The summed E-state index contributed by atoms with van der Waals surface area (Å²) in [5.74, 6) is 0. The molecule has 2 rings (SSSR count). The number of hydrogen-bond acceptors (Lipinski definition) is 2. The van der Waals surface area contributed by atoms with Gasteiger partial charge in [0.2, 0.25) is 0 Å². The van der Waals surface area contributed by atoms with Gasteiger partial charge in [-0.05, 0) is 37.0 Å². The summed E-state index contributed by atoms with van der Waals surface area (Å²) in [7, 11) is 0. The van der Waals surface area contributed by atoms with Crippen molar-refractivity contribution in [2.75, 3.05) is 13.1 Å². The number of carbonyl (C=O) groups excluding carboxylic acids is 1. The lowest BCUT2D eigenvalue weighted by molar-refractivity contribution is 0.193. The van der Waals surface area contributed by atoms with Crippen molar-refractivity contribution in [2.45, 2.75) is 32.2 Å². The minimum Gasteiger partial charge on any atom is -0.338 e. The van der Waals surface area contributed by atoms with Crippen molar-refractivity contribution in [3.8, 4) is 0 Å². The highest BCUT2D eigenvalue weighted by atomic mass is 16.2. The van der Waals surface area contributed by atoms with Crippen LogP contribution in [0.4, 0.5) is 4.79 Å². The highest BCUT2D eigenvalue weighted by Crippen LogP contribution is 2.31. The smallest absolute Gasteiger partial charge is 0.317 e. The van der Waals surface area contributed by atoms with Crippen molar-refractivity contribution >= 4 is 6.03 Å². The fraction of sp³-hybridized carbons (Fsp3) is 0.538. The van der Waals surface area contributed by atoms with Crippen molar-refractivity contribution in [1.82, 2.24) is 15.2 Å². The molecule has 1 unspecified atom stereocenters. The molecule has 1 fully saturated rings. The standard InChI is InChI=1S/C13H19N3O/c1-2-7-15-13(17)16-10-3-4-12(16)11-5-8-14-9-6-11/h5-6,8-9,12H,2-4,7,10H2,1H3,(H,15,17). The van der Waals surface area contributed by atoms with Crippen molar-refractivity contribution < 1.29 is 4.79 Å². The average Bonchev–Trinajstić information content (AvgIpc) is 2.86. The number of pyridine rings is 1. The van der Waals surface area contributed by atoms with Crippen LogP contribution >= 0.6 is 0 Å². The molecule has 1 N–H and O–H groups in total. The molecule has 1 aliphatic heterocycles. The van der Waals surface area contributed by atoms with Crippen LogP contribution in [0.1, 0.15) is 37.8 Å². The Morgan fingerprint density at radius 1 is 1.53 bits per heavy atom. The molecule has 0 aromatic carbocycles. The third-order valence-corrected chi connectivity index (χ3v) is 3.13. The molecule has 2 amide bonds. The number of nitrogens with zero attached hydrogens (tertiary/aromatic N) is 2. The van der Waals surface area contributed by atoms with Crippen LogP contribution in [0.3, 0.4) is 0 Å². The Bertz CT molecular complexity index is 366. The summed E-state index contributed by atoms with van der Waals surface area (Å²) in [4.78, 5) is 17.9. The lowest BCUT2D eigenvalue weighted by atomic mass is 10.1. The molecule has 0 aliphatic carbocycles. The third-order valence-electron chi connectivity index (χ3n) is 3.13. The van der Waals surface area contributed by atoms with E-state index in [9.17, 15) is 4.79 Å². The Morgan fingerprint density at radius 3 is 3.00 bits per heavy atom. The molecule has 0 spiro atoms. The van der Waals surface area contributed by atoms with Crippen molar-refractivity contribution in [2.24, 2.45) is 0 Å². The summed E-state index contributed by atoms with van der Waals surface area (Å²) in [5, 5.41) is 2.95. The molecule has 2 heterocycles. The first kappa shape index (κ1) is 11.9. The fourth-order valence-electron chi connectivity index (χ4n) is 2.28. The van der Waals surface area contributed by atoms with Gasteiger partial charge in [0.15, 0.2) is 0 Å². The number of urea groups is 1. The van der Waals surface area contributed by atoms with Crippen LogP contribution in [0, 0.1) is 0 Å². The molecule has 0 saturated carbocycles. The zero-order valence-electron chi connectivity index (χ0n) is 10.2. The maximum atomic E-state index is 12.0. The van der Waals surface area contributed by atoms with Crippen LogP contribution in [-0.4, -0.2) is 29.0 Å². The predicted octanol–water partition coefficient (Wildman–Crippen LogP) is 2.34. The number of nitrogens with one attached hydrogen (secondary N) is 1. The van der Waals surface area contributed by atoms with E-state index in [1.54, 1.807) is 12.4 Å². The highest BCUT2D eigenvalue weighted by molar-refractivity contribution is 5.75. The summed E-state index contributed by atoms with van der Waals surface area (Å²) in [5.41, 5.74) is 1.18. The minimum absolute atomic E-state index is 0.0613. The van der Waals surface area contributed by atoms with E-state index in [-0.39, 0.29) is 12.1 Å². The quantitative estimate of drug-likeness (QED) is 0.871. The van der Waals surface area contributed by atoms with Crippen LogP contribution in [0.2, 0.25) is 0 Å². The van der Waals surface area contributed by atoms with Crippen LogP contribution in [0.25, 0.3) is 0 Å². The monoisotopic (exact) mass is 233 g/mol. The molecular weight excluding hydrogens is 214 g/mol. The first-order valence-electron chi connectivity index (χ1n) is 6.27. The second-order valence-corrected chi connectivity index (χ2v) is 4.36. The van der Waals surface area contributed by atoms with E-state index in [4.69, 9.17) is 0 Å². The summed E-state index contributed by atoms with van der Waals surface area (Å²) in [6, 6.07) is 4.27. The number of hydrogen-bond donors (Lipinski definition) is 1. The molecule has 4 heteroatoms. The second-order valence-electron chi connectivity index (χ2n) is 4.36. The molecule has 92 valence electrons. The normalized spacial score (nSPS) is 19.4. The Hall–Kier alpha value is -1.58. The van der Waals surface area contributed by atoms with Gasteiger partial charge in [0, 0.05) is 25.5 Å². The van der Waals surface area contributed by atoms with Gasteiger partial charge in [-0.15, -0.1) is 0 Å². The van der Waals surface area contributed by atoms with E-state index in [1.165, 1.54) is 5.56 Å². The number of amides is 2. The molecule has 1 saturated heterocycles. The number of aromatic nitrogens is 1. The van der Waals surface area contributed by atoms with E-state index in [0.29, 0.717) is 0 Å². The van der Waals surface area contributed by atoms with E-state index in [1.807, 2.05) is 17.0 Å². The molecule has 4 nitrogen and oxygen atoms in total. The molecule has 1 atom stereocenters. The minimum atomic E-state index is 0.0613. The molecule has 0 bridgehead atoms. The van der Waals surface area contributed by atoms with E-state index >= 15 is 0 Å². The van der Waals surface area contributed by atoms with Gasteiger partial charge in [-0.1, -0.05) is 6.92 Å². The van der Waals surface area contributed by atoms with Crippen molar-refractivity contribution in [3.63, 3.8) is 0 Å². The number of rotatable bonds is 3. The molecular formula is C13H19N3O. The number of likely N-dealkylation sites (tertiary alicyclic amines) is 1. The van der Waals surface area contributed by atoms with Gasteiger partial charge >= 0.3 is 6.03 Å². The van der Waals surface area contributed by atoms with Gasteiger partial charge in [-0.2, -0.15) is 0 Å². The van der Waals surface area contributed by atoms with Crippen molar-refractivity contribution in [1.29, 1.82) is 0 Å². The first-order chi connectivity index (χ1) is 8.33. The van der Waals surface area contributed by atoms with Gasteiger partial charge < -0.3 is 10.2 Å². The molecule has 17 heavy (non-hydrogen) atoms. The molecule has 1 aliphatic rings. The SMILES string of the molecule is CCCNC(=O)N1CCCC1c1ccncc1. The van der Waals surface area contributed by atoms with Gasteiger partial charge in [0.25, 0.3) is 0 Å². The summed E-state index contributed by atoms with van der Waals surface area (Å²) in [6.45, 7) is 3.66. The van der Waals surface area contributed by atoms with Gasteiger partial charge in [0.05, 0.1) is 6.04 Å². The Morgan fingerprint density at radius 2 is 2.29 bits per heavy atom. The summed E-state index contributed by atoms with van der Waals surface area (Å²) < 4.78 is 0. The van der Waals surface area contributed by atoms with Crippen LogP contribution < -0.4 is 5.32 Å². The molecule has 0 radical (unpaired) electrons. The van der Waals surface area contributed by atoms with Crippen LogP contribution in [0.5, 0.6) is 0 Å². The van der Waals surface area contributed by atoms with Crippen LogP contribution in [-0.2, 0) is 0 Å². The molecule has 1 aromatic heterocycles. The van der Waals surface area contributed by atoms with Gasteiger partial charge in [-0.25, -0.2) is 4.79 Å². The maximum Gasteiger partial charge on any atom is 0.317 e. The number of carbonyl (C=O) groups is 1. The third kappa shape index (κ3) is 2.75. The average molecular weight is 233 g/mol. The zero-order valence-corrected chi connectivity index (χ0v) is 10.2. The topological polar surface area (TPSA) is 45.2 Å². The van der Waals surface area contributed by atoms with Gasteiger partial charge in [-0.3, -0.25) is 4.98 Å². The largest absolute Gasteiger partial charge is 0.338 e. The Labute approximate surface area is 102 Å². The Kier molecular flexibility index (Phi) is 3.96. The van der Waals surface area contributed by atoms with E-state index in [0.717, 1.165) is 32.4 Å². The van der Waals surface area contributed by atoms with Crippen molar-refractivity contribution in [3.05, 3.63) is 30.1 Å². The maximum absolute atomic E-state index is 12.0. The zero-order chi connectivity index (χ0) is 12.1. The molecule has 1 aromatic rings. The summed E-state index contributed by atoms with van der Waals surface area (Å²) in [6.07, 6.45) is 6.67. The van der Waals surface area contributed by atoms with E-state index < -0.39 is 0 Å². The first-order valence-corrected chi connectivity index (χ1v) is 6.27.